The van der Waals surface area contributed by atoms with Crippen molar-refractivity contribution in [2.45, 2.75) is 65.3 Å². The van der Waals surface area contributed by atoms with Crippen molar-refractivity contribution >= 4 is 26.7 Å². The van der Waals surface area contributed by atoms with Crippen LogP contribution in [0.25, 0.3) is 0 Å². The number of benzene rings is 2. The maximum Gasteiger partial charge on any atom is 0.343 e. The van der Waals surface area contributed by atoms with E-state index in [2.05, 4.69) is 10.1 Å². The first kappa shape index (κ1) is 29.8. The zero-order valence-corrected chi connectivity index (χ0v) is 23.8. The van der Waals surface area contributed by atoms with Crippen molar-refractivity contribution in [3.05, 3.63) is 64.0 Å². The van der Waals surface area contributed by atoms with Gasteiger partial charge < -0.3 is 14.5 Å². The molecule has 1 aliphatic carbocycles. The second kappa shape index (κ2) is 10.4. The van der Waals surface area contributed by atoms with Crippen LogP contribution in [0, 0.1) is 46.3 Å². The summed E-state index contributed by atoms with van der Waals surface area (Å²) in [5.41, 5.74) is -0.863. The van der Waals surface area contributed by atoms with Crippen LogP contribution in [-0.2, 0) is 15.6 Å². The summed E-state index contributed by atoms with van der Waals surface area (Å²) in [5, 5.41) is 2.87. The highest BCUT2D eigenvalue weighted by molar-refractivity contribution is 6.48. The molecule has 40 heavy (non-hydrogen) atoms. The van der Waals surface area contributed by atoms with E-state index >= 15 is 0 Å². The molecular weight excluding hydrogens is 553 g/mol. The van der Waals surface area contributed by atoms with Crippen LogP contribution in [0.4, 0.5) is 22.0 Å². The molecule has 0 unspecified atom stereocenters. The van der Waals surface area contributed by atoms with Gasteiger partial charge in [0.25, 0.3) is 0 Å². The quantitative estimate of drug-likeness (QED) is 0.0921. The normalized spacial score (nSPS) is 22.4. The number of halogens is 5. The van der Waals surface area contributed by atoms with Gasteiger partial charge in [-0.2, -0.15) is 8.78 Å². The first-order valence-electron chi connectivity index (χ1n) is 12.7. The molecule has 0 bridgehead atoms. The summed E-state index contributed by atoms with van der Waals surface area (Å²) in [6.07, 6.45) is 0.874. The van der Waals surface area contributed by atoms with Gasteiger partial charge in [0.2, 0.25) is 49.8 Å². The van der Waals surface area contributed by atoms with Gasteiger partial charge in [0.1, 0.15) is 0 Å². The van der Waals surface area contributed by atoms with Crippen molar-refractivity contribution in [1.29, 1.82) is 0 Å². The topological polar surface area (TPSA) is 81.7 Å². The number of hydrogen-bond donors (Lipinski definition) is 1. The molecule has 2 aromatic rings. The van der Waals surface area contributed by atoms with Crippen LogP contribution in [0.2, 0.25) is 13.1 Å². The summed E-state index contributed by atoms with van der Waals surface area (Å²) < 4.78 is 79.4. The summed E-state index contributed by atoms with van der Waals surface area (Å²) >= 11 is 0. The monoisotopic (exact) mass is 582 g/mol. The molecule has 2 aromatic carbocycles. The van der Waals surface area contributed by atoms with Gasteiger partial charge in [-0.05, 0) is 56.0 Å². The molecule has 0 spiro atoms. The highest BCUT2D eigenvalue weighted by Gasteiger charge is 2.60. The number of hydrogen-bond acceptors (Lipinski definition) is 5. The van der Waals surface area contributed by atoms with Gasteiger partial charge in [0, 0.05) is 11.5 Å². The van der Waals surface area contributed by atoms with E-state index in [0.717, 1.165) is 0 Å². The Balaban J connectivity index is 1.63. The first-order valence-corrected chi connectivity index (χ1v) is 15.1. The minimum Gasteiger partial charge on any atom is -0.416 e. The molecule has 2 aliphatic rings. The maximum absolute atomic E-state index is 14.0. The predicted octanol–water partition coefficient (Wildman–Crippen LogP) is 5.53. The smallest absolute Gasteiger partial charge is 0.343 e. The van der Waals surface area contributed by atoms with Gasteiger partial charge in [-0.25, -0.2) is 18.0 Å². The minimum absolute atomic E-state index is 0.150. The van der Waals surface area contributed by atoms with E-state index in [4.69, 9.17) is 4.43 Å². The fraction of sp³-hybridized carbons (Fsp3) is 0.464. The lowest BCUT2D eigenvalue weighted by atomic mass is 9.60. The number of esters is 1. The zero-order chi connectivity index (χ0) is 29.9. The fourth-order valence-corrected chi connectivity index (χ4v) is 6.68. The standard InChI is InChI=1S/C28H29F5NO5Si/c1-27(2,3)28(4,39-40(5)6)16-22(34-25(16)36)14-10-9-12-7-8-13(11-15(12)23(14)35)26(37)38-24-20(32)18(30)17(29)19(31)21(24)33/h7-8,11,14,16,22H,9-10H2,1-6H3,(H,34,36)/t14-,16-,22-,28-/m1/s1. The summed E-state index contributed by atoms with van der Waals surface area (Å²) in [6.45, 7) is 11.7. The van der Waals surface area contributed by atoms with E-state index in [1.165, 1.54) is 18.2 Å². The number of rotatable bonds is 6. The van der Waals surface area contributed by atoms with Gasteiger partial charge >= 0.3 is 5.97 Å². The average Bonchev–Trinajstić information content (AvgIpc) is 2.86. The van der Waals surface area contributed by atoms with E-state index in [1.807, 2.05) is 40.8 Å². The molecule has 4 rings (SSSR count). The van der Waals surface area contributed by atoms with Crippen molar-refractivity contribution in [3.63, 3.8) is 0 Å². The third-order valence-corrected chi connectivity index (χ3v) is 8.75. The van der Waals surface area contributed by atoms with Crippen molar-refractivity contribution in [1.82, 2.24) is 5.32 Å². The van der Waals surface area contributed by atoms with Crippen molar-refractivity contribution in [3.8, 4) is 5.75 Å². The molecular formula is C28H29F5NO5Si. The van der Waals surface area contributed by atoms with E-state index in [9.17, 15) is 36.3 Å². The minimum atomic E-state index is -2.38. The number of Topliss-reactive ketones (excluding diaryl/α,β-unsaturated/α-hetero) is 1. The molecule has 1 N–H and O–H groups in total. The Morgan fingerprint density at radius 1 is 0.950 bits per heavy atom. The second-order valence-corrected chi connectivity index (χ2v) is 13.6. The van der Waals surface area contributed by atoms with Crippen molar-refractivity contribution in [2.75, 3.05) is 0 Å². The number of ether oxygens (including phenoxy) is 1. The molecule has 1 aliphatic heterocycles. The van der Waals surface area contributed by atoms with E-state index in [0.29, 0.717) is 18.4 Å². The van der Waals surface area contributed by atoms with Crippen LogP contribution in [0.15, 0.2) is 18.2 Å². The Hall–Kier alpha value is -3.12. The van der Waals surface area contributed by atoms with Gasteiger partial charge in [0.15, 0.2) is 5.78 Å². The molecule has 6 nitrogen and oxygen atoms in total. The molecule has 4 atom stereocenters. The van der Waals surface area contributed by atoms with Gasteiger partial charge in [-0.15, -0.1) is 0 Å². The maximum atomic E-state index is 14.0. The lowest BCUT2D eigenvalue weighted by Crippen LogP contribution is -2.73. The van der Waals surface area contributed by atoms with Crippen LogP contribution >= 0.6 is 0 Å². The number of amides is 1. The highest BCUT2D eigenvalue weighted by atomic mass is 28.3. The Bertz CT molecular complexity index is 1380. The molecule has 1 heterocycles. The van der Waals surface area contributed by atoms with E-state index < -0.39 is 78.7 Å². The molecule has 0 saturated carbocycles. The van der Waals surface area contributed by atoms with Crippen LogP contribution < -0.4 is 10.1 Å². The Kier molecular flexibility index (Phi) is 7.74. The van der Waals surface area contributed by atoms with Crippen molar-refractivity contribution < 1.29 is 45.5 Å². The molecule has 12 heteroatoms. The average molecular weight is 583 g/mol. The third kappa shape index (κ3) is 4.85. The van der Waals surface area contributed by atoms with Crippen molar-refractivity contribution in [2.24, 2.45) is 17.3 Å². The molecule has 1 radical (unpaired) electrons. The largest absolute Gasteiger partial charge is 0.416 e. The van der Waals surface area contributed by atoms with Gasteiger partial charge in [-0.3, -0.25) is 9.59 Å². The summed E-state index contributed by atoms with van der Waals surface area (Å²) in [6, 6.07) is 3.36. The van der Waals surface area contributed by atoms with Gasteiger partial charge in [0.05, 0.1) is 23.1 Å². The lowest BCUT2D eigenvalue weighted by molar-refractivity contribution is -0.161. The number of nitrogens with one attached hydrogen (secondary N) is 1. The lowest BCUT2D eigenvalue weighted by Gasteiger charge is -2.56. The summed E-state index contributed by atoms with van der Waals surface area (Å²) in [4.78, 5) is 39.2. The van der Waals surface area contributed by atoms with E-state index in [1.54, 1.807) is 0 Å². The summed E-state index contributed by atoms with van der Waals surface area (Å²) in [7, 11) is -1.22. The molecule has 1 fully saturated rings. The van der Waals surface area contributed by atoms with Crippen LogP contribution in [0.1, 0.15) is 60.4 Å². The molecule has 0 aromatic heterocycles. The van der Waals surface area contributed by atoms with Crippen LogP contribution in [0.3, 0.4) is 0 Å². The number of aryl methyl sites for hydroxylation is 1. The Morgan fingerprint density at radius 3 is 2.05 bits per heavy atom. The molecule has 1 amide bonds. The molecule has 215 valence electrons. The fourth-order valence-electron chi connectivity index (χ4n) is 5.40. The number of β-lactam (4-membered cyclic amide) rings is 1. The van der Waals surface area contributed by atoms with E-state index in [-0.39, 0.29) is 22.8 Å². The second-order valence-electron chi connectivity index (χ2n) is 11.5. The Morgan fingerprint density at radius 2 is 1.52 bits per heavy atom. The SMILES string of the molecule is C[Si](C)O[C@](C)([C@H]1C(=O)N[C@@H]1[C@H]1CCc2ccc(C(=O)Oc3c(F)c(F)c(F)c(F)c3F)cc2C1=O)C(C)(C)C. The highest BCUT2D eigenvalue weighted by Crippen LogP contribution is 2.47. The van der Waals surface area contributed by atoms with Crippen LogP contribution in [-0.4, -0.2) is 38.3 Å². The number of carbonyl (C=O) groups excluding carboxylic acids is 3. The first-order chi connectivity index (χ1) is 18.5. The number of fused-ring (bicyclic) bond motifs is 1. The molecule has 1 saturated heterocycles. The predicted molar refractivity (Wildman–Crippen MR) is 136 cm³/mol. The number of ketones is 1. The third-order valence-electron chi connectivity index (χ3n) is 7.92. The summed E-state index contributed by atoms with van der Waals surface area (Å²) in [5.74, 6) is -16.4. The Labute approximate surface area is 230 Å². The number of carbonyl (C=O) groups is 3. The van der Waals surface area contributed by atoms with Gasteiger partial charge in [-0.1, -0.05) is 26.8 Å². The van der Waals surface area contributed by atoms with Crippen LogP contribution in [0.5, 0.6) is 5.75 Å². The zero-order valence-electron chi connectivity index (χ0n) is 22.8.